The Bertz CT molecular complexity index is 1160. The molecule has 0 bridgehead atoms. The van der Waals surface area contributed by atoms with Crippen molar-refractivity contribution in [2.75, 3.05) is 18.4 Å². The van der Waals surface area contributed by atoms with Gasteiger partial charge >= 0.3 is 0 Å². The molecule has 3 aromatic rings. The van der Waals surface area contributed by atoms with Gasteiger partial charge in [0.2, 0.25) is 5.95 Å². The van der Waals surface area contributed by atoms with Crippen LogP contribution in [0.4, 0.5) is 19.1 Å². The van der Waals surface area contributed by atoms with Crippen LogP contribution in [0.1, 0.15) is 54.8 Å². The fourth-order valence-electron chi connectivity index (χ4n) is 4.09. The molecule has 0 spiro atoms. The summed E-state index contributed by atoms with van der Waals surface area (Å²) in [5.74, 6) is -0.611. The third-order valence-corrected chi connectivity index (χ3v) is 5.82. The van der Waals surface area contributed by atoms with Crippen molar-refractivity contribution in [2.45, 2.75) is 38.2 Å². The molecular weight excluding hydrogens is 407 g/mol. The number of piperidine rings is 1. The van der Waals surface area contributed by atoms with E-state index in [1.807, 2.05) is 6.07 Å². The average molecular weight is 431 g/mol. The van der Waals surface area contributed by atoms with Gasteiger partial charge < -0.3 is 10.6 Å². The lowest BCUT2D eigenvalue weighted by molar-refractivity contribution is 0.146. The largest absolute Gasteiger partial charge is 0.348 e. The number of nitrogens with one attached hydrogen (secondary N) is 2. The maximum absolute atomic E-state index is 14.5. The SMILES string of the molecule is C[C@@H](Nc1ncc2cc([C@@H]3CCCNC3)c(=O)n(C)c2n1)c1cccc(C(F)F)c1F. The van der Waals surface area contributed by atoms with E-state index in [0.717, 1.165) is 42.9 Å². The number of nitrogens with zero attached hydrogens (tertiary/aromatic N) is 3. The van der Waals surface area contributed by atoms with E-state index in [9.17, 15) is 18.0 Å². The van der Waals surface area contributed by atoms with Crippen molar-refractivity contribution in [3.8, 4) is 0 Å². The first-order valence-corrected chi connectivity index (χ1v) is 10.3. The molecule has 0 aliphatic carbocycles. The van der Waals surface area contributed by atoms with E-state index in [-0.39, 0.29) is 23.0 Å². The molecule has 0 amide bonds. The Morgan fingerprint density at radius 1 is 1.29 bits per heavy atom. The molecule has 9 heteroatoms. The normalized spacial score (nSPS) is 17.8. The summed E-state index contributed by atoms with van der Waals surface area (Å²) in [4.78, 5) is 21.6. The van der Waals surface area contributed by atoms with Gasteiger partial charge in [0.15, 0.2) is 0 Å². The second kappa shape index (κ2) is 8.66. The summed E-state index contributed by atoms with van der Waals surface area (Å²) in [7, 11) is 1.66. The quantitative estimate of drug-likeness (QED) is 0.638. The van der Waals surface area contributed by atoms with E-state index in [1.165, 1.54) is 16.7 Å². The number of hydrogen-bond acceptors (Lipinski definition) is 5. The average Bonchev–Trinajstić information content (AvgIpc) is 2.77. The Morgan fingerprint density at radius 3 is 2.77 bits per heavy atom. The number of benzene rings is 1. The first kappa shape index (κ1) is 21.3. The number of anilines is 1. The van der Waals surface area contributed by atoms with E-state index < -0.39 is 23.8 Å². The van der Waals surface area contributed by atoms with Crippen molar-refractivity contribution in [2.24, 2.45) is 7.05 Å². The first-order valence-electron chi connectivity index (χ1n) is 10.3. The number of rotatable bonds is 5. The van der Waals surface area contributed by atoms with Crippen LogP contribution < -0.4 is 16.2 Å². The van der Waals surface area contributed by atoms with Crippen LogP contribution in [0.15, 0.2) is 35.3 Å². The Labute approximate surface area is 177 Å². The van der Waals surface area contributed by atoms with Gasteiger partial charge in [-0.25, -0.2) is 18.2 Å². The highest BCUT2D eigenvalue weighted by atomic mass is 19.3. The molecule has 3 heterocycles. The molecule has 1 saturated heterocycles. The topological polar surface area (TPSA) is 71.8 Å². The monoisotopic (exact) mass is 431 g/mol. The maximum Gasteiger partial charge on any atom is 0.266 e. The number of alkyl halides is 2. The molecule has 1 aliphatic heterocycles. The van der Waals surface area contributed by atoms with Gasteiger partial charge in [-0.05, 0) is 32.4 Å². The van der Waals surface area contributed by atoms with E-state index in [1.54, 1.807) is 20.2 Å². The number of aryl methyl sites for hydroxylation is 1. The van der Waals surface area contributed by atoms with Gasteiger partial charge in [0, 0.05) is 42.2 Å². The molecule has 0 unspecified atom stereocenters. The van der Waals surface area contributed by atoms with Crippen molar-refractivity contribution in [3.63, 3.8) is 0 Å². The lowest BCUT2D eigenvalue weighted by atomic mass is 9.92. The van der Waals surface area contributed by atoms with Crippen LogP contribution in [0.3, 0.4) is 0 Å². The summed E-state index contributed by atoms with van der Waals surface area (Å²) in [6, 6.07) is 5.10. The highest BCUT2D eigenvalue weighted by molar-refractivity contribution is 5.76. The van der Waals surface area contributed by atoms with E-state index in [2.05, 4.69) is 20.6 Å². The zero-order chi connectivity index (χ0) is 22.1. The molecule has 4 rings (SSSR count). The summed E-state index contributed by atoms with van der Waals surface area (Å²) in [6.07, 6.45) is 0.691. The van der Waals surface area contributed by atoms with Crippen molar-refractivity contribution >= 4 is 17.0 Å². The minimum Gasteiger partial charge on any atom is -0.348 e. The molecule has 0 radical (unpaired) electrons. The third-order valence-electron chi connectivity index (χ3n) is 5.82. The van der Waals surface area contributed by atoms with E-state index in [0.29, 0.717) is 5.65 Å². The zero-order valence-corrected chi connectivity index (χ0v) is 17.3. The van der Waals surface area contributed by atoms with Crippen molar-refractivity contribution in [3.05, 3.63) is 63.3 Å². The summed E-state index contributed by atoms with van der Waals surface area (Å²) in [6.45, 7) is 3.36. The molecule has 0 saturated carbocycles. The lowest BCUT2D eigenvalue weighted by Crippen LogP contribution is -2.33. The fourth-order valence-corrected chi connectivity index (χ4v) is 4.09. The molecule has 6 nitrogen and oxygen atoms in total. The second-order valence-corrected chi connectivity index (χ2v) is 7.90. The van der Waals surface area contributed by atoms with E-state index in [4.69, 9.17) is 0 Å². The van der Waals surface area contributed by atoms with Crippen molar-refractivity contribution in [1.82, 2.24) is 19.9 Å². The Morgan fingerprint density at radius 2 is 2.06 bits per heavy atom. The minimum atomic E-state index is -2.90. The van der Waals surface area contributed by atoms with Gasteiger partial charge in [-0.2, -0.15) is 4.98 Å². The Hall–Kier alpha value is -2.94. The van der Waals surface area contributed by atoms with Gasteiger partial charge in [-0.15, -0.1) is 0 Å². The molecule has 2 aromatic heterocycles. The molecule has 1 aliphatic rings. The standard InChI is InChI=1S/C22H24F3N5O/c1-12(15-6-3-7-16(18(15)23)19(24)25)28-22-27-11-14-9-17(13-5-4-8-26-10-13)21(31)30(2)20(14)29-22/h3,6-7,9,11-13,19,26H,4-5,8,10H2,1-2H3,(H,27,28,29)/t12-,13-/m1/s1. The predicted octanol–water partition coefficient (Wildman–Crippen LogP) is 4.05. The summed E-state index contributed by atoms with van der Waals surface area (Å²) < 4.78 is 42.0. The number of fused-ring (bicyclic) bond motifs is 1. The Kier molecular flexibility index (Phi) is 5.95. The van der Waals surface area contributed by atoms with Crippen LogP contribution in [0, 0.1) is 5.82 Å². The number of hydrogen-bond donors (Lipinski definition) is 2. The third kappa shape index (κ3) is 4.14. The van der Waals surface area contributed by atoms with Crippen LogP contribution in [-0.2, 0) is 7.05 Å². The molecular formula is C22H24F3N5O. The maximum atomic E-state index is 14.5. The predicted molar refractivity (Wildman–Crippen MR) is 113 cm³/mol. The lowest BCUT2D eigenvalue weighted by Gasteiger charge is -2.23. The number of halogens is 3. The highest BCUT2D eigenvalue weighted by Gasteiger charge is 2.22. The molecule has 164 valence electrons. The van der Waals surface area contributed by atoms with Crippen molar-refractivity contribution < 1.29 is 13.2 Å². The van der Waals surface area contributed by atoms with Crippen molar-refractivity contribution in [1.29, 1.82) is 0 Å². The molecule has 1 aromatic carbocycles. The number of pyridine rings is 1. The summed E-state index contributed by atoms with van der Waals surface area (Å²) in [5, 5.41) is 7.00. The van der Waals surface area contributed by atoms with Crippen LogP contribution in [0.5, 0.6) is 0 Å². The van der Waals surface area contributed by atoms with E-state index >= 15 is 0 Å². The molecule has 2 atom stereocenters. The van der Waals surface area contributed by atoms with Gasteiger partial charge in [-0.1, -0.05) is 18.2 Å². The van der Waals surface area contributed by atoms with Gasteiger partial charge in [-0.3, -0.25) is 9.36 Å². The molecule has 2 N–H and O–H groups in total. The smallest absolute Gasteiger partial charge is 0.266 e. The highest BCUT2D eigenvalue weighted by Crippen LogP contribution is 2.29. The summed E-state index contributed by atoms with van der Waals surface area (Å²) >= 11 is 0. The second-order valence-electron chi connectivity index (χ2n) is 7.90. The summed E-state index contributed by atoms with van der Waals surface area (Å²) in [5.41, 5.74) is 0.539. The van der Waals surface area contributed by atoms with Crippen LogP contribution in [-0.4, -0.2) is 27.6 Å². The van der Waals surface area contributed by atoms with Gasteiger partial charge in [0.1, 0.15) is 11.5 Å². The zero-order valence-electron chi connectivity index (χ0n) is 17.3. The Balaban J connectivity index is 1.65. The number of aromatic nitrogens is 3. The van der Waals surface area contributed by atoms with Crippen LogP contribution >= 0.6 is 0 Å². The minimum absolute atomic E-state index is 0.0931. The molecule has 1 fully saturated rings. The van der Waals surface area contributed by atoms with Crippen LogP contribution in [0.25, 0.3) is 11.0 Å². The fraction of sp³-hybridized carbons (Fsp3) is 0.409. The first-order chi connectivity index (χ1) is 14.9. The van der Waals surface area contributed by atoms with Gasteiger partial charge in [0.05, 0.1) is 11.6 Å². The van der Waals surface area contributed by atoms with Crippen LogP contribution in [0.2, 0.25) is 0 Å². The molecule has 31 heavy (non-hydrogen) atoms. The van der Waals surface area contributed by atoms with Gasteiger partial charge in [0.25, 0.3) is 12.0 Å².